The molecular formula is C28H31N3O5. The molecule has 3 aromatic rings. The van der Waals surface area contributed by atoms with E-state index >= 15 is 0 Å². The highest BCUT2D eigenvalue weighted by Crippen LogP contribution is 2.30. The van der Waals surface area contributed by atoms with Crippen molar-refractivity contribution in [1.29, 1.82) is 0 Å². The van der Waals surface area contributed by atoms with Crippen molar-refractivity contribution in [3.05, 3.63) is 96.1 Å². The summed E-state index contributed by atoms with van der Waals surface area (Å²) in [5.74, 6) is -0.203. The SMILES string of the molecule is Cc1ccc(NC(=O)O[C@H](c2cccc(OCCO)c2)[C@H](C)/C=C/C(=O)Nc2ccccc2N)cc1. The van der Waals surface area contributed by atoms with Crippen LogP contribution in [0, 0.1) is 12.8 Å². The molecule has 0 fully saturated rings. The van der Waals surface area contributed by atoms with Crippen LogP contribution in [0.5, 0.6) is 5.75 Å². The van der Waals surface area contributed by atoms with Crippen molar-refractivity contribution < 1.29 is 24.2 Å². The Labute approximate surface area is 210 Å². The molecule has 5 N–H and O–H groups in total. The Bertz CT molecular complexity index is 1190. The second kappa shape index (κ2) is 13.0. The topological polar surface area (TPSA) is 123 Å². The molecule has 2 amide bonds. The van der Waals surface area contributed by atoms with Crippen LogP contribution >= 0.6 is 0 Å². The van der Waals surface area contributed by atoms with Crippen molar-refractivity contribution in [2.75, 3.05) is 29.6 Å². The minimum atomic E-state index is -0.723. The minimum Gasteiger partial charge on any atom is -0.491 e. The molecule has 0 radical (unpaired) electrons. The number of hydrogen-bond donors (Lipinski definition) is 4. The van der Waals surface area contributed by atoms with Crippen LogP contribution in [-0.2, 0) is 9.53 Å². The van der Waals surface area contributed by atoms with Crippen LogP contribution in [0.3, 0.4) is 0 Å². The van der Waals surface area contributed by atoms with E-state index in [-0.39, 0.29) is 25.0 Å². The molecule has 3 rings (SSSR count). The molecule has 0 saturated heterocycles. The number of benzene rings is 3. The molecule has 0 unspecified atom stereocenters. The fourth-order valence-electron chi connectivity index (χ4n) is 3.45. The third kappa shape index (κ3) is 7.89. The minimum absolute atomic E-state index is 0.122. The highest BCUT2D eigenvalue weighted by Gasteiger charge is 2.23. The number of aryl methyl sites for hydroxylation is 1. The molecule has 0 aliphatic rings. The van der Waals surface area contributed by atoms with Gasteiger partial charge in [0.15, 0.2) is 0 Å². The zero-order chi connectivity index (χ0) is 25.9. The summed E-state index contributed by atoms with van der Waals surface area (Å²) in [6.45, 7) is 3.82. The number of nitrogens with two attached hydrogens (primary N) is 1. The maximum absolute atomic E-state index is 12.7. The lowest BCUT2D eigenvalue weighted by atomic mass is 9.96. The second-order valence-electron chi connectivity index (χ2n) is 8.26. The third-order valence-corrected chi connectivity index (χ3v) is 5.33. The van der Waals surface area contributed by atoms with Crippen LogP contribution in [0.15, 0.2) is 84.9 Å². The molecule has 0 heterocycles. The predicted molar refractivity (Wildman–Crippen MR) is 141 cm³/mol. The Kier molecular flexibility index (Phi) is 9.48. The zero-order valence-electron chi connectivity index (χ0n) is 20.3. The number of aliphatic hydroxyl groups is 1. The number of ether oxygens (including phenoxy) is 2. The first-order valence-corrected chi connectivity index (χ1v) is 11.6. The fraction of sp³-hybridized carbons (Fsp3) is 0.214. The quantitative estimate of drug-likeness (QED) is 0.233. The number of hydrogen-bond acceptors (Lipinski definition) is 6. The number of nitrogen functional groups attached to an aromatic ring is 1. The van der Waals surface area contributed by atoms with E-state index < -0.39 is 12.2 Å². The Balaban J connectivity index is 1.77. The highest BCUT2D eigenvalue weighted by molar-refractivity contribution is 6.01. The van der Waals surface area contributed by atoms with E-state index in [0.717, 1.165) is 5.56 Å². The average Bonchev–Trinajstić information content (AvgIpc) is 2.87. The lowest BCUT2D eigenvalue weighted by Crippen LogP contribution is -2.21. The summed E-state index contributed by atoms with van der Waals surface area (Å²) in [6, 6.07) is 21.4. The van der Waals surface area contributed by atoms with Crippen molar-refractivity contribution in [3.63, 3.8) is 0 Å². The van der Waals surface area contributed by atoms with Crippen LogP contribution in [0.2, 0.25) is 0 Å². The van der Waals surface area contributed by atoms with E-state index in [1.807, 2.05) is 32.0 Å². The van der Waals surface area contributed by atoms with Gasteiger partial charge in [0.1, 0.15) is 18.5 Å². The highest BCUT2D eigenvalue weighted by atomic mass is 16.6. The number of nitrogens with one attached hydrogen (secondary N) is 2. The van der Waals surface area contributed by atoms with E-state index in [4.69, 9.17) is 20.3 Å². The number of amides is 2. The van der Waals surface area contributed by atoms with Crippen LogP contribution in [-0.4, -0.2) is 30.3 Å². The summed E-state index contributed by atoms with van der Waals surface area (Å²) >= 11 is 0. The van der Waals surface area contributed by atoms with Gasteiger partial charge in [0, 0.05) is 11.6 Å². The zero-order valence-corrected chi connectivity index (χ0v) is 20.3. The maximum atomic E-state index is 12.7. The molecular weight excluding hydrogens is 458 g/mol. The van der Waals surface area contributed by atoms with Crippen LogP contribution in [0.25, 0.3) is 0 Å². The van der Waals surface area contributed by atoms with Gasteiger partial charge in [-0.15, -0.1) is 0 Å². The summed E-state index contributed by atoms with van der Waals surface area (Å²) in [7, 11) is 0. The van der Waals surface area contributed by atoms with Crippen LogP contribution < -0.4 is 21.1 Å². The van der Waals surface area contributed by atoms with Crippen molar-refractivity contribution in [3.8, 4) is 5.75 Å². The number of aliphatic hydroxyl groups excluding tert-OH is 1. The number of para-hydroxylation sites is 2. The van der Waals surface area contributed by atoms with Crippen molar-refractivity contribution in [2.24, 2.45) is 5.92 Å². The number of rotatable bonds is 10. The second-order valence-corrected chi connectivity index (χ2v) is 8.26. The predicted octanol–water partition coefficient (Wildman–Crippen LogP) is 5.07. The molecule has 0 spiro atoms. The van der Waals surface area contributed by atoms with Crippen LogP contribution in [0.4, 0.5) is 21.9 Å². The smallest absolute Gasteiger partial charge is 0.412 e. The normalized spacial score (nSPS) is 12.5. The lowest BCUT2D eigenvalue weighted by Gasteiger charge is -2.23. The van der Waals surface area contributed by atoms with E-state index in [1.165, 1.54) is 6.08 Å². The Morgan fingerprint density at radius 3 is 2.50 bits per heavy atom. The summed E-state index contributed by atoms with van der Waals surface area (Å²) in [6.07, 6.45) is 1.70. The molecule has 0 aliphatic carbocycles. The number of carbonyl (C=O) groups is 2. The average molecular weight is 490 g/mol. The van der Waals surface area contributed by atoms with Crippen molar-refractivity contribution >= 4 is 29.1 Å². The molecule has 36 heavy (non-hydrogen) atoms. The standard InChI is InChI=1S/C28H31N3O5/c1-19-10-13-22(14-11-19)30-28(34)36-27(21-6-5-7-23(18-21)35-17-16-32)20(2)12-15-26(33)31-25-9-4-3-8-24(25)29/h3-15,18,20,27,32H,16-17,29H2,1-2H3,(H,30,34)(H,31,33)/b15-12+/t20-,27+/m1/s1. The van der Waals surface area contributed by atoms with Gasteiger partial charge in [-0.3, -0.25) is 10.1 Å². The summed E-state index contributed by atoms with van der Waals surface area (Å²) in [5.41, 5.74) is 9.22. The van der Waals surface area contributed by atoms with Crippen molar-refractivity contribution in [1.82, 2.24) is 0 Å². The third-order valence-electron chi connectivity index (χ3n) is 5.33. The monoisotopic (exact) mass is 489 g/mol. The van der Waals surface area contributed by atoms with Gasteiger partial charge in [-0.25, -0.2) is 4.79 Å². The first-order valence-electron chi connectivity index (χ1n) is 11.6. The Morgan fingerprint density at radius 2 is 1.78 bits per heavy atom. The first-order chi connectivity index (χ1) is 17.4. The van der Waals surface area contributed by atoms with E-state index in [1.54, 1.807) is 60.7 Å². The molecule has 0 aliphatic heterocycles. The Hall–Kier alpha value is -4.30. The van der Waals surface area contributed by atoms with E-state index in [9.17, 15) is 9.59 Å². The fourth-order valence-corrected chi connectivity index (χ4v) is 3.45. The van der Waals surface area contributed by atoms with Gasteiger partial charge in [0.05, 0.1) is 18.0 Å². The van der Waals surface area contributed by atoms with Gasteiger partial charge in [-0.1, -0.05) is 55.0 Å². The van der Waals surface area contributed by atoms with Gasteiger partial charge in [-0.2, -0.15) is 0 Å². The van der Waals surface area contributed by atoms with E-state index in [0.29, 0.717) is 28.4 Å². The maximum Gasteiger partial charge on any atom is 0.412 e. The molecule has 8 heteroatoms. The molecule has 0 saturated carbocycles. The largest absolute Gasteiger partial charge is 0.491 e. The summed E-state index contributed by atoms with van der Waals surface area (Å²) in [4.78, 5) is 25.2. The van der Waals surface area contributed by atoms with Crippen molar-refractivity contribution in [2.45, 2.75) is 20.0 Å². The Morgan fingerprint density at radius 1 is 1.03 bits per heavy atom. The number of anilines is 3. The van der Waals surface area contributed by atoms with Gasteiger partial charge in [0.25, 0.3) is 0 Å². The lowest BCUT2D eigenvalue weighted by molar-refractivity contribution is -0.111. The van der Waals surface area contributed by atoms with Gasteiger partial charge in [0.2, 0.25) is 5.91 Å². The van der Waals surface area contributed by atoms with Crippen LogP contribution in [0.1, 0.15) is 24.2 Å². The molecule has 188 valence electrons. The van der Waals surface area contributed by atoms with E-state index in [2.05, 4.69) is 10.6 Å². The molecule has 2 atom stereocenters. The molecule has 0 aromatic heterocycles. The van der Waals surface area contributed by atoms with Gasteiger partial charge >= 0.3 is 6.09 Å². The number of carbonyl (C=O) groups excluding carboxylic acids is 2. The molecule has 0 bridgehead atoms. The van der Waals surface area contributed by atoms with Gasteiger partial charge < -0.3 is 25.6 Å². The summed E-state index contributed by atoms with van der Waals surface area (Å²) < 4.78 is 11.3. The van der Waals surface area contributed by atoms with Gasteiger partial charge in [-0.05, 0) is 55.0 Å². The molecule has 8 nitrogen and oxygen atoms in total. The molecule has 3 aromatic carbocycles. The first kappa shape index (κ1) is 26.3. The summed E-state index contributed by atoms with van der Waals surface area (Å²) in [5, 5.41) is 14.5.